The monoisotopic (exact) mass is 333 g/mol. The molecule has 0 aliphatic heterocycles. The maximum absolute atomic E-state index is 9.31. The number of aromatic nitrogens is 4. The van der Waals surface area contributed by atoms with Crippen LogP contribution >= 0.6 is 0 Å². The Morgan fingerprint density at radius 1 is 1.28 bits per heavy atom. The largest absolute Gasteiger partial charge is 0.396 e. The maximum atomic E-state index is 9.31. The van der Waals surface area contributed by atoms with Gasteiger partial charge in [-0.1, -0.05) is 18.2 Å². The van der Waals surface area contributed by atoms with Crippen LogP contribution in [0.4, 0.5) is 5.82 Å². The number of nitrogens with two attached hydrogens (primary N) is 1. The number of nitrogens with zero attached hydrogens (tertiary/aromatic N) is 3. The Morgan fingerprint density at radius 2 is 2.12 bits per heavy atom. The minimum atomic E-state index is 0.248. The molecular weight excluding hydrogens is 314 g/mol. The number of fused-ring (bicyclic) bond motifs is 2. The van der Waals surface area contributed by atoms with E-state index < -0.39 is 0 Å². The summed E-state index contributed by atoms with van der Waals surface area (Å²) >= 11 is 0. The van der Waals surface area contributed by atoms with Crippen molar-refractivity contribution in [1.82, 2.24) is 19.4 Å². The van der Waals surface area contributed by atoms with Crippen molar-refractivity contribution in [3.05, 3.63) is 48.5 Å². The van der Waals surface area contributed by atoms with Crippen molar-refractivity contribution in [1.29, 1.82) is 0 Å². The standard InChI is InChI=1S/C19H19N5O/c20-18-17-16(15-9-12-3-1-2-4-14(12)22-15)23-19(24(17)6-5-21-18)13-7-11(8-13)10-25/h1-6,9,11,13,22,25H,7-8,10H2,(H2,20,21). The molecule has 1 aliphatic carbocycles. The zero-order valence-electron chi connectivity index (χ0n) is 13.7. The molecule has 1 saturated carbocycles. The third-order valence-electron chi connectivity index (χ3n) is 5.25. The molecule has 5 rings (SSSR count). The Kier molecular flexibility index (Phi) is 3.08. The summed E-state index contributed by atoms with van der Waals surface area (Å²) in [6.07, 6.45) is 5.56. The summed E-state index contributed by atoms with van der Waals surface area (Å²) in [4.78, 5) is 12.6. The first kappa shape index (κ1) is 14.5. The third-order valence-corrected chi connectivity index (χ3v) is 5.25. The zero-order valence-corrected chi connectivity index (χ0v) is 13.7. The van der Waals surface area contributed by atoms with E-state index in [0.29, 0.717) is 17.7 Å². The maximum Gasteiger partial charge on any atom is 0.150 e. The average molecular weight is 333 g/mol. The molecule has 0 unspecified atom stereocenters. The second-order valence-electron chi connectivity index (χ2n) is 6.84. The molecule has 6 heteroatoms. The summed E-state index contributed by atoms with van der Waals surface area (Å²) in [6, 6.07) is 10.3. The molecule has 0 spiro atoms. The quantitative estimate of drug-likeness (QED) is 0.537. The summed E-state index contributed by atoms with van der Waals surface area (Å²) < 4.78 is 2.06. The number of rotatable bonds is 3. The Balaban J connectivity index is 1.70. The molecule has 3 aromatic heterocycles. The lowest BCUT2D eigenvalue weighted by Gasteiger charge is -2.32. The van der Waals surface area contributed by atoms with Gasteiger partial charge in [-0.3, -0.25) is 4.40 Å². The van der Waals surface area contributed by atoms with Crippen molar-refractivity contribution in [3.63, 3.8) is 0 Å². The first-order valence-corrected chi connectivity index (χ1v) is 8.56. The van der Waals surface area contributed by atoms with Gasteiger partial charge in [-0.15, -0.1) is 0 Å². The zero-order chi connectivity index (χ0) is 17.0. The number of hydrogen-bond donors (Lipinski definition) is 3. The molecule has 1 aromatic carbocycles. The molecule has 0 atom stereocenters. The lowest BCUT2D eigenvalue weighted by Crippen LogP contribution is -2.26. The number of aliphatic hydroxyl groups excluding tert-OH is 1. The van der Waals surface area contributed by atoms with E-state index in [1.165, 1.54) is 0 Å². The van der Waals surface area contributed by atoms with E-state index in [1.807, 2.05) is 18.3 Å². The molecule has 4 N–H and O–H groups in total. The molecule has 3 heterocycles. The number of benzene rings is 1. The molecule has 0 bridgehead atoms. The van der Waals surface area contributed by atoms with Gasteiger partial charge in [-0.2, -0.15) is 0 Å². The minimum absolute atomic E-state index is 0.248. The summed E-state index contributed by atoms with van der Waals surface area (Å²) in [5.74, 6) is 2.22. The Hall–Kier alpha value is -2.86. The van der Waals surface area contributed by atoms with Crippen LogP contribution in [-0.4, -0.2) is 31.1 Å². The van der Waals surface area contributed by atoms with Crippen molar-refractivity contribution < 1.29 is 5.11 Å². The van der Waals surface area contributed by atoms with Gasteiger partial charge in [0.2, 0.25) is 0 Å². The molecular formula is C19H19N5O. The molecule has 126 valence electrons. The van der Waals surface area contributed by atoms with Crippen LogP contribution in [0, 0.1) is 5.92 Å². The highest BCUT2D eigenvalue weighted by atomic mass is 16.3. The van der Waals surface area contributed by atoms with Crippen LogP contribution in [0.1, 0.15) is 24.6 Å². The van der Waals surface area contributed by atoms with Gasteiger partial charge in [-0.05, 0) is 30.9 Å². The third kappa shape index (κ3) is 2.14. The molecule has 0 amide bonds. The van der Waals surface area contributed by atoms with Gasteiger partial charge in [0.1, 0.15) is 22.9 Å². The lowest BCUT2D eigenvalue weighted by atomic mass is 9.75. The lowest BCUT2D eigenvalue weighted by molar-refractivity contribution is 0.138. The number of anilines is 1. The normalized spacial score (nSPS) is 20.2. The van der Waals surface area contributed by atoms with Crippen LogP contribution < -0.4 is 5.73 Å². The van der Waals surface area contributed by atoms with E-state index in [9.17, 15) is 5.11 Å². The molecule has 1 aliphatic rings. The van der Waals surface area contributed by atoms with Gasteiger partial charge < -0.3 is 15.8 Å². The van der Waals surface area contributed by atoms with E-state index in [-0.39, 0.29) is 6.61 Å². The van der Waals surface area contributed by atoms with Crippen LogP contribution in [0.2, 0.25) is 0 Å². The van der Waals surface area contributed by atoms with Gasteiger partial charge in [0.15, 0.2) is 0 Å². The number of aromatic amines is 1. The molecule has 0 saturated heterocycles. The predicted molar refractivity (Wildman–Crippen MR) is 97.2 cm³/mol. The number of H-pyrrole nitrogens is 1. The Bertz CT molecular complexity index is 1040. The van der Waals surface area contributed by atoms with Crippen LogP contribution in [0.15, 0.2) is 42.7 Å². The van der Waals surface area contributed by atoms with E-state index >= 15 is 0 Å². The second kappa shape index (κ2) is 5.32. The fraction of sp³-hybridized carbons (Fsp3) is 0.263. The highest BCUT2D eigenvalue weighted by Gasteiger charge is 2.34. The molecule has 0 radical (unpaired) electrons. The van der Waals surface area contributed by atoms with Crippen molar-refractivity contribution in [2.75, 3.05) is 12.3 Å². The van der Waals surface area contributed by atoms with E-state index in [2.05, 4.69) is 32.6 Å². The van der Waals surface area contributed by atoms with Crippen LogP contribution in [0.25, 0.3) is 27.8 Å². The summed E-state index contributed by atoms with van der Waals surface area (Å²) in [5.41, 5.74) is 9.89. The van der Waals surface area contributed by atoms with E-state index in [1.54, 1.807) is 6.20 Å². The Labute approximate surface area is 144 Å². The topological polar surface area (TPSA) is 92.2 Å². The number of para-hydroxylation sites is 1. The predicted octanol–water partition coefficient (Wildman–Crippen LogP) is 2.95. The first-order valence-electron chi connectivity index (χ1n) is 8.56. The fourth-order valence-corrected chi connectivity index (χ4v) is 3.86. The molecule has 25 heavy (non-hydrogen) atoms. The Morgan fingerprint density at radius 3 is 2.92 bits per heavy atom. The van der Waals surface area contributed by atoms with Gasteiger partial charge >= 0.3 is 0 Å². The highest BCUT2D eigenvalue weighted by molar-refractivity contribution is 5.91. The SMILES string of the molecule is Nc1nccn2c(C3CC(CO)C3)nc(-c3cc4ccccc4[nH]3)c12. The number of nitrogens with one attached hydrogen (secondary N) is 1. The van der Waals surface area contributed by atoms with Crippen LogP contribution in [0.5, 0.6) is 0 Å². The summed E-state index contributed by atoms with van der Waals surface area (Å²) in [6.45, 7) is 0.248. The highest BCUT2D eigenvalue weighted by Crippen LogP contribution is 2.42. The number of nitrogen functional groups attached to an aromatic ring is 1. The summed E-state index contributed by atoms with van der Waals surface area (Å²) in [7, 11) is 0. The molecule has 6 nitrogen and oxygen atoms in total. The van der Waals surface area contributed by atoms with E-state index in [0.717, 1.165) is 46.5 Å². The van der Waals surface area contributed by atoms with Gasteiger partial charge in [0.25, 0.3) is 0 Å². The van der Waals surface area contributed by atoms with Gasteiger partial charge in [0.05, 0.1) is 5.69 Å². The second-order valence-corrected chi connectivity index (χ2v) is 6.84. The number of aliphatic hydroxyl groups is 1. The summed E-state index contributed by atoms with van der Waals surface area (Å²) in [5, 5.41) is 10.5. The molecule has 1 fully saturated rings. The molecule has 4 aromatic rings. The van der Waals surface area contributed by atoms with Gasteiger partial charge in [0, 0.05) is 35.8 Å². The van der Waals surface area contributed by atoms with Crippen molar-refractivity contribution in [2.24, 2.45) is 5.92 Å². The van der Waals surface area contributed by atoms with Crippen LogP contribution in [-0.2, 0) is 0 Å². The van der Waals surface area contributed by atoms with Crippen molar-refractivity contribution >= 4 is 22.2 Å². The van der Waals surface area contributed by atoms with Crippen molar-refractivity contribution in [2.45, 2.75) is 18.8 Å². The van der Waals surface area contributed by atoms with Crippen molar-refractivity contribution in [3.8, 4) is 11.4 Å². The van der Waals surface area contributed by atoms with Crippen LogP contribution in [0.3, 0.4) is 0 Å². The minimum Gasteiger partial charge on any atom is -0.396 e. The fourth-order valence-electron chi connectivity index (χ4n) is 3.86. The first-order chi connectivity index (χ1) is 12.2. The van der Waals surface area contributed by atoms with Gasteiger partial charge in [-0.25, -0.2) is 9.97 Å². The smallest absolute Gasteiger partial charge is 0.150 e. The van der Waals surface area contributed by atoms with E-state index in [4.69, 9.17) is 10.7 Å². The number of imidazole rings is 1. The number of hydrogen-bond acceptors (Lipinski definition) is 4. The average Bonchev–Trinajstić information content (AvgIpc) is 3.16.